The van der Waals surface area contributed by atoms with Crippen LogP contribution in [0.2, 0.25) is 0 Å². The summed E-state index contributed by atoms with van der Waals surface area (Å²) in [5.74, 6) is -0.717. The number of para-hydroxylation sites is 1. The highest BCUT2D eigenvalue weighted by molar-refractivity contribution is 6.17. The number of rotatable bonds is 5. The SMILES string of the molecule is C/C=C/C(=O)c1c(C(=O)OC)c2ccccc2n1Cc1ccccc1. The molecule has 0 fully saturated rings. The van der Waals surface area contributed by atoms with Crippen LogP contribution in [0.4, 0.5) is 0 Å². The Morgan fingerprint density at radius 1 is 1.04 bits per heavy atom. The molecule has 25 heavy (non-hydrogen) atoms. The number of aromatic nitrogens is 1. The normalized spacial score (nSPS) is 11.1. The van der Waals surface area contributed by atoms with Crippen molar-refractivity contribution >= 4 is 22.7 Å². The fourth-order valence-electron chi connectivity index (χ4n) is 3.03. The number of hydrogen-bond donors (Lipinski definition) is 0. The van der Waals surface area contributed by atoms with Crippen LogP contribution in [0.1, 0.15) is 33.3 Å². The Bertz CT molecular complexity index is 952. The molecule has 0 radical (unpaired) electrons. The van der Waals surface area contributed by atoms with E-state index in [0.717, 1.165) is 16.5 Å². The number of ketones is 1. The number of ether oxygens (including phenoxy) is 1. The van der Waals surface area contributed by atoms with Gasteiger partial charge in [0.15, 0.2) is 0 Å². The quantitative estimate of drug-likeness (QED) is 0.399. The van der Waals surface area contributed by atoms with Crippen LogP contribution in [0.15, 0.2) is 66.7 Å². The van der Waals surface area contributed by atoms with Crippen LogP contribution in [-0.4, -0.2) is 23.4 Å². The summed E-state index contributed by atoms with van der Waals surface area (Å²) in [6.07, 6.45) is 3.15. The zero-order chi connectivity index (χ0) is 17.8. The minimum Gasteiger partial charge on any atom is -0.465 e. The van der Waals surface area contributed by atoms with Crippen molar-refractivity contribution in [2.24, 2.45) is 0 Å². The van der Waals surface area contributed by atoms with Crippen molar-refractivity contribution in [3.8, 4) is 0 Å². The Morgan fingerprint density at radius 3 is 2.40 bits per heavy atom. The summed E-state index contributed by atoms with van der Waals surface area (Å²) < 4.78 is 6.84. The maximum atomic E-state index is 12.8. The van der Waals surface area contributed by atoms with Crippen LogP contribution in [0.3, 0.4) is 0 Å². The Hall–Kier alpha value is -3.14. The van der Waals surface area contributed by atoms with E-state index < -0.39 is 5.97 Å². The van der Waals surface area contributed by atoms with Crippen molar-refractivity contribution in [3.05, 3.63) is 83.6 Å². The molecule has 2 aromatic carbocycles. The third kappa shape index (κ3) is 3.11. The van der Waals surface area contributed by atoms with Gasteiger partial charge in [0.25, 0.3) is 0 Å². The molecule has 126 valence electrons. The predicted molar refractivity (Wildman–Crippen MR) is 98.0 cm³/mol. The Balaban J connectivity index is 2.31. The largest absolute Gasteiger partial charge is 0.465 e. The maximum Gasteiger partial charge on any atom is 0.340 e. The molecule has 1 heterocycles. The highest BCUT2D eigenvalue weighted by Gasteiger charge is 2.26. The monoisotopic (exact) mass is 333 g/mol. The van der Waals surface area contributed by atoms with E-state index in [1.54, 1.807) is 13.0 Å². The van der Waals surface area contributed by atoms with Gasteiger partial charge in [0.05, 0.1) is 12.7 Å². The van der Waals surface area contributed by atoms with Gasteiger partial charge in [-0.25, -0.2) is 4.79 Å². The molecule has 0 amide bonds. The van der Waals surface area contributed by atoms with Crippen molar-refractivity contribution in [3.63, 3.8) is 0 Å². The molecular formula is C21H19NO3. The Labute approximate surface area is 146 Å². The minimum absolute atomic E-state index is 0.213. The van der Waals surface area contributed by atoms with E-state index in [1.807, 2.05) is 59.2 Å². The third-order valence-corrected chi connectivity index (χ3v) is 4.10. The first kappa shape index (κ1) is 16.7. The van der Waals surface area contributed by atoms with Gasteiger partial charge in [-0.1, -0.05) is 54.6 Å². The molecule has 0 bridgehead atoms. The molecule has 0 aliphatic heterocycles. The predicted octanol–water partition coefficient (Wildman–Crippen LogP) is 4.24. The molecule has 0 N–H and O–H groups in total. The van der Waals surface area contributed by atoms with Crippen LogP contribution in [0, 0.1) is 0 Å². The third-order valence-electron chi connectivity index (χ3n) is 4.10. The van der Waals surface area contributed by atoms with E-state index in [-0.39, 0.29) is 5.78 Å². The molecule has 0 aliphatic rings. The van der Waals surface area contributed by atoms with Gasteiger partial charge in [-0.2, -0.15) is 0 Å². The van der Waals surface area contributed by atoms with Gasteiger partial charge in [0.2, 0.25) is 5.78 Å². The van der Waals surface area contributed by atoms with Crippen LogP contribution in [0.5, 0.6) is 0 Å². The van der Waals surface area contributed by atoms with Crippen molar-refractivity contribution in [1.29, 1.82) is 0 Å². The molecule has 0 unspecified atom stereocenters. The minimum atomic E-state index is -0.504. The average Bonchev–Trinajstić information content (AvgIpc) is 2.97. The van der Waals surface area contributed by atoms with Crippen LogP contribution in [0.25, 0.3) is 10.9 Å². The lowest BCUT2D eigenvalue weighted by Gasteiger charge is -2.10. The molecule has 0 atom stereocenters. The van der Waals surface area contributed by atoms with Gasteiger partial charge >= 0.3 is 5.97 Å². The number of carbonyl (C=O) groups excluding carboxylic acids is 2. The Kier molecular flexibility index (Phi) is 4.80. The first-order valence-electron chi connectivity index (χ1n) is 8.08. The molecule has 0 spiro atoms. The molecule has 3 rings (SSSR count). The van der Waals surface area contributed by atoms with Crippen LogP contribution in [-0.2, 0) is 11.3 Å². The van der Waals surface area contributed by atoms with Gasteiger partial charge in [-0.3, -0.25) is 4.79 Å². The summed E-state index contributed by atoms with van der Waals surface area (Å²) in [7, 11) is 1.33. The number of benzene rings is 2. The second-order valence-corrected chi connectivity index (χ2v) is 5.67. The maximum absolute atomic E-state index is 12.8. The molecule has 3 aromatic rings. The molecule has 4 nitrogen and oxygen atoms in total. The van der Waals surface area contributed by atoms with Crippen molar-refractivity contribution in [1.82, 2.24) is 4.57 Å². The first-order valence-corrected chi connectivity index (χ1v) is 8.08. The highest BCUT2D eigenvalue weighted by Crippen LogP contribution is 2.28. The van der Waals surface area contributed by atoms with Crippen LogP contribution >= 0.6 is 0 Å². The average molecular weight is 333 g/mol. The number of fused-ring (bicyclic) bond motifs is 1. The van der Waals surface area contributed by atoms with E-state index in [4.69, 9.17) is 4.74 Å². The molecule has 0 saturated carbocycles. The zero-order valence-corrected chi connectivity index (χ0v) is 14.2. The van der Waals surface area contributed by atoms with Gasteiger partial charge in [0, 0.05) is 17.4 Å². The fraction of sp³-hybridized carbons (Fsp3) is 0.143. The molecule has 4 heteroatoms. The number of hydrogen-bond acceptors (Lipinski definition) is 3. The number of carbonyl (C=O) groups is 2. The first-order chi connectivity index (χ1) is 12.2. The van der Waals surface area contributed by atoms with Gasteiger partial charge in [-0.15, -0.1) is 0 Å². The molecule has 0 aliphatic carbocycles. The van der Waals surface area contributed by atoms with Crippen LogP contribution < -0.4 is 0 Å². The summed E-state index contributed by atoms with van der Waals surface area (Å²) >= 11 is 0. The lowest BCUT2D eigenvalue weighted by atomic mass is 10.1. The van der Waals surface area contributed by atoms with E-state index in [0.29, 0.717) is 17.8 Å². The van der Waals surface area contributed by atoms with Gasteiger partial charge in [0.1, 0.15) is 5.69 Å². The molecule has 0 saturated heterocycles. The lowest BCUT2D eigenvalue weighted by Crippen LogP contribution is -2.13. The standard InChI is InChI=1S/C21H19NO3/c1-3-9-18(23)20-19(21(24)25-2)16-12-7-8-13-17(16)22(20)14-15-10-5-4-6-11-15/h3-13H,14H2,1-2H3/b9-3+. The molecule has 1 aromatic heterocycles. The lowest BCUT2D eigenvalue weighted by molar-refractivity contribution is 0.0599. The van der Waals surface area contributed by atoms with Crippen molar-refractivity contribution in [2.45, 2.75) is 13.5 Å². The summed E-state index contributed by atoms with van der Waals surface area (Å²) in [6.45, 7) is 2.27. The van der Waals surface area contributed by atoms with Gasteiger partial charge in [-0.05, 0) is 24.6 Å². The van der Waals surface area contributed by atoms with Gasteiger partial charge < -0.3 is 9.30 Å². The number of esters is 1. The van der Waals surface area contributed by atoms with Crippen molar-refractivity contribution in [2.75, 3.05) is 7.11 Å². The number of nitrogens with zero attached hydrogens (tertiary/aromatic N) is 1. The topological polar surface area (TPSA) is 48.3 Å². The summed E-state index contributed by atoms with van der Waals surface area (Å²) in [5.41, 5.74) is 2.56. The van der Waals surface area contributed by atoms with E-state index in [1.165, 1.54) is 13.2 Å². The Morgan fingerprint density at radius 2 is 1.72 bits per heavy atom. The van der Waals surface area contributed by atoms with E-state index in [9.17, 15) is 9.59 Å². The van der Waals surface area contributed by atoms with Crippen molar-refractivity contribution < 1.29 is 14.3 Å². The molecular weight excluding hydrogens is 314 g/mol. The number of allylic oxidation sites excluding steroid dienone is 2. The summed E-state index contributed by atoms with van der Waals surface area (Å²) in [5, 5.41) is 0.720. The summed E-state index contributed by atoms with van der Waals surface area (Å²) in [4.78, 5) is 25.2. The highest BCUT2D eigenvalue weighted by atomic mass is 16.5. The second kappa shape index (κ2) is 7.18. The van der Waals surface area contributed by atoms with E-state index in [2.05, 4.69) is 0 Å². The fourth-order valence-corrected chi connectivity index (χ4v) is 3.03. The smallest absolute Gasteiger partial charge is 0.340 e. The van der Waals surface area contributed by atoms with E-state index >= 15 is 0 Å². The number of methoxy groups -OCH3 is 1. The second-order valence-electron chi connectivity index (χ2n) is 5.67. The zero-order valence-electron chi connectivity index (χ0n) is 14.2. The summed E-state index contributed by atoms with van der Waals surface area (Å²) in [6, 6.07) is 17.4.